The van der Waals surface area contributed by atoms with Gasteiger partial charge in [0.05, 0.1) is 5.69 Å². The van der Waals surface area contributed by atoms with Crippen LogP contribution in [-0.4, -0.2) is 9.76 Å². The van der Waals surface area contributed by atoms with Crippen LogP contribution in [0.2, 0.25) is 0 Å². The molecule has 0 aliphatic carbocycles. The smallest absolute Gasteiger partial charge is 0.339 e. The molecule has 0 spiro atoms. The highest BCUT2D eigenvalue weighted by molar-refractivity contribution is 6.75. The average Bonchev–Trinajstić information content (AvgIpc) is 2.15. The lowest BCUT2D eigenvalue weighted by Crippen LogP contribution is -2.24. The Bertz CT molecular complexity index is 345. The summed E-state index contributed by atoms with van der Waals surface area (Å²) in [5.41, 5.74) is 4.07. The van der Waals surface area contributed by atoms with E-state index in [9.17, 15) is 4.79 Å². The van der Waals surface area contributed by atoms with E-state index in [1.165, 1.54) is 0 Å². The molecule has 0 bridgehead atoms. The molecule has 6 heteroatoms. The number of hydrogen-bond donors (Lipinski definition) is 1. The summed E-state index contributed by atoms with van der Waals surface area (Å²) in [5, 5.41) is 0. The van der Waals surface area contributed by atoms with Gasteiger partial charge in [0.1, 0.15) is 0 Å². The molecule has 0 radical (unpaired) electrons. The third-order valence-electron chi connectivity index (χ3n) is 1.54. The van der Waals surface area contributed by atoms with Crippen LogP contribution in [0.5, 0.6) is 0 Å². The molecule has 0 aliphatic rings. The first-order valence-electron chi connectivity index (χ1n) is 4.00. The molecular formula is C9H8Cl3NO2. The molecule has 0 saturated heterocycles. The largest absolute Gasteiger partial charge is 0.383 e. The van der Waals surface area contributed by atoms with Crippen LogP contribution in [0.3, 0.4) is 0 Å². The zero-order valence-corrected chi connectivity index (χ0v) is 10.0. The molecule has 0 amide bonds. The Morgan fingerprint density at radius 3 is 2.27 bits per heavy atom. The number of aryl methyl sites for hydroxylation is 1. The second-order valence-corrected chi connectivity index (χ2v) is 5.14. The van der Waals surface area contributed by atoms with E-state index in [4.69, 9.17) is 34.8 Å². The summed E-state index contributed by atoms with van der Waals surface area (Å²) in [5.74, 6) is -0.979. The standard InChI is InChI=1S/C9H8Cl3NO2/c1-6-2-4-7(5-3-6)13-15-8(14)9(10,11)12/h2-5,13H,1H3. The van der Waals surface area contributed by atoms with Crippen molar-refractivity contribution in [3.63, 3.8) is 0 Å². The number of nitrogens with one attached hydrogen (secondary N) is 1. The first kappa shape index (κ1) is 12.4. The summed E-state index contributed by atoms with van der Waals surface area (Å²) < 4.78 is -2.07. The maximum atomic E-state index is 11.0. The van der Waals surface area contributed by atoms with E-state index in [1.807, 2.05) is 19.1 Å². The molecular weight excluding hydrogens is 260 g/mol. The highest BCUT2D eigenvalue weighted by Crippen LogP contribution is 2.27. The highest BCUT2D eigenvalue weighted by atomic mass is 35.6. The summed E-state index contributed by atoms with van der Waals surface area (Å²) >= 11 is 15.9. The maximum absolute atomic E-state index is 11.0. The minimum Gasteiger partial charge on any atom is -0.339 e. The molecule has 1 rings (SSSR count). The first-order chi connectivity index (χ1) is 6.89. The molecule has 3 nitrogen and oxygen atoms in total. The van der Waals surface area contributed by atoms with Crippen molar-refractivity contribution in [1.29, 1.82) is 0 Å². The molecule has 1 aromatic carbocycles. The maximum Gasteiger partial charge on any atom is 0.383 e. The molecule has 15 heavy (non-hydrogen) atoms. The van der Waals surface area contributed by atoms with Crippen LogP contribution >= 0.6 is 34.8 Å². The van der Waals surface area contributed by atoms with Crippen molar-refractivity contribution in [1.82, 2.24) is 0 Å². The molecule has 0 fully saturated rings. The zero-order chi connectivity index (χ0) is 11.5. The Labute approximate surface area is 102 Å². The minimum atomic E-state index is -2.07. The number of benzene rings is 1. The SMILES string of the molecule is Cc1ccc(NOC(=O)C(Cl)(Cl)Cl)cc1. The van der Waals surface area contributed by atoms with E-state index < -0.39 is 9.76 Å². The Morgan fingerprint density at radius 2 is 1.80 bits per heavy atom. The van der Waals surface area contributed by atoms with E-state index in [2.05, 4.69) is 10.3 Å². The van der Waals surface area contributed by atoms with Crippen LogP contribution < -0.4 is 5.48 Å². The third kappa shape index (κ3) is 4.16. The summed E-state index contributed by atoms with van der Waals surface area (Å²) in [6.07, 6.45) is 0. The molecule has 1 N–H and O–H groups in total. The number of carbonyl (C=O) groups excluding carboxylic acids is 1. The van der Waals surface area contributed by atoms with Crippen LogP contribution in [-0.2, 0) is 9.63 Å². The molecule has 0 aliphatic heterocycles. The quantitative estimate of drug-likeness (QED) is 0.661. The van der Waals surface area contributed by atoms with E-state index in [0.29, 0.717) is 5.69 Å². The van der Waals surface area contributed by atoms with Gasteiger partial charge >= 0.3 is 5.97 Å². The second-order valence-electron chi connectivity index (χ2n) is 2.86. The van der Waals surface area contributed by atoms with Gasteiger partial charge in [-0.1, -0.05) is 52.5 Å². The predicted octanol–water partition coefficient (Wildman–Crippen LogP) is 3.24. The predicted molar refractivity (Wildman–Crippen MR) is 61.2 cm³/mol. The lowest BCUT2D eigenvalue weighted by Gasteiger charge is -2.11. The van der Waals surface area contributed by atoms with Crippen molar-refractivity contribution in [2.45, 2.75) is 10.7 Å². The van der Waals surface area contributed by atoms with E-state index in [0.717, 1.165) is 5.56 Å². The number of halogens is 3. The van der Waals surface area contributed by atoms with Gasteiger partial charge < -0.3 is 4.84 Å². The number of rotatable bonds is 2. The molecule has 0 atom stereocenters. The van der Waals surface area contributed by atoms with Gasteiger partial charge in [0.25, 0.3) is 3.79 Å². The van der Waals surface area contributed by atoms with Gasteiger partial charge in [-0.2, -0.15) is 0 Å². The van der Waals surface area contributed by atoms with E-state index in [-0.39, 0.29) is 0 Å². The summed E-state index contributed by atoms with van der Waals surface area (Å²) in [6.45, 7) is 1.94. The van der Waals surface area contributed by atoms with Crippen molar-refractivity contribution in [3.8, 4) is 0 Å². The summed E-state index contributed by atoms with van der Waals surface area (Å²) in [7, 11) is 0. The molecule has 82 valence electrons. The zero-order valence-electron chi connectivity index (χ0n) is 7.76. The minimum absolute atomic E-state index is 0.600. The number of anilines is 1. The van der Waals surface area contributed by atoms with E-state index >= 15 is 0 Å². The van der Waals surface area contributed by atoms with Gasteiger partial charge in [0.15, 0.2) is 0 Å². The van der Waals surface area contributed by atoms with Crippen LogP contribution in [0.4, 0.5) is 5.69 Å². The van der Waals surface area contributed by atoms with Gasteiger partial charge in [0.2, 0.25) is 0 Å². The molecule has 0 heterocycles. The topological polar surface area (TPSA) is 38.3 Å². The van der Waals surface area contributed by atoms with Crippen molar-refractivity contribution in [2.24, 2.45) is 0 Å². The third-order valence-corrected chi connectivity index (χ3v) is 2.01. The average molecular weight is 269 g/mol. The van der Waals surface area contributed by atoms with Gasteiger partial charge in [-0.05, 0) is 19.1 Å². The molecule has 0 unspecified atom stereocenters. The number of hydrogen-bond acceptors (Lipinski definition) is 3. The highest BCUT2D eigenvalue weighted by Gasteiger charge is 2.33. The van der Waals surface area contributed by atoms with Crippen molar-refractivity contribution < 1.29 is 9.63 Å². The molecule has 0 aromatic heterocycles. The fraction of sp³-hybridized carbons (Fsp3) is 0.222. The van der Waals surface area contributed by atoms with Crippen molar-refractivity contribution in [3.05, 3.63) is 29.8 Å². The summed E-state index contributed by atoms with van der Waals surface area (Å²) in [4.78, 5) is 15.6. The van der Waals surface area contributed by atoms with Crippen LogP contribution in [0.15, 0.2) is 24.3 Å². The van der Waals surface area contributed by atoms with Crippen LogP contribution in [0, 0.1) is 6.92 Å². The van der Waals surface area contributed by atoms with Crippen LogP contribution in [0.1, 0.15) is 5.56 Å². The van der Waals surface area contributed by atoms with Gasteiger partial charge in [-0.15, -0.1) is 0 Å². The second kappa shape index (κ2) is 4.92. The van der Waals surface area contributed by atoms with Crippen molar-refractivity contribution >= 4 is 46.5 Å². The summed E-state index contributed by atoms with van der Waals surface area (Å²) in [6, 6.07) is 7.18. The Morgan fingerprint density at radius 1 is 1.27 bits per heavy atom. The lowest BCUT2D eigenvalue weighted by atomic mass is 10.2. The van der Waals surface area contributed by atoms with Gasteiger partial charge in [-0.25, -0.2) is 10.3 Å². The fourth-order valence-electron chi connectivity index (χ4n) is 0.785. The monoisotopic (exact) mass is 267 g/mol. The van der Waals surface area contributed by atoms with Gasteiger partial charge in [0, 0.05) is 0 Å². The normalized spacial score (nSPS) is 10.9. The van der Waals surface area contributed by atoms with E-state index in [1.54, 1.807) is 12.1 Å². The molecule has 1 aromatic rings. The van der Waals surface area contributed by atoms with Crippen LogP contribution in [0.25, 0.3) is 0 Å². The fourth-order valence-corrected chi connectivity index (χ4v) is 0.900. The Balaban J connectivity index is 2.51. The Hall–Kier alpha value is -0.640. The number of alkyl halides is 3. The molecule has 0 saturated carbocycles. The van der Waals surface area contributed by atoms with Crippen molar-refractivity contribution in [2.75, 3.05) is 5.48 Å². The first-order valence-corrected chi connectivity index (χ1v) is 5.13. The lowest BCUT2D eigenvalue weighted by molar-refractivity contribution is -0.139. The van der Waals surface area contributed by atoms with Gasteiger partial charge in [-0.3, -0.25) is 0 Å². The number of carbonyl (C=O) groups is 1. The Kier molecular flexibility index (Phi) is 4.08.